The van der Waals surface area contributed by atoms with E-state index in [1.165, 1.54) is 5.56 Å². The molecule has 0 aliphatic heterocycles. The summed E-state index contributed by atoms with van der Waals surface area (Å²) >= 11 is 0. The van der Waals surface area contributed by atoms with Gasteiger partial charge in [-0.3, -0.25) is 4.79 Å². The predicted molar refractivity (Wildman–Crippen MR) is 77.4 cm³/mol. The van der Waals surface area contributed by atoms with Crippen LogP contribution in [0.4, 0.5) is 0 Å². The van der Waals surface area contributed by atoms with Crippen molar-refractivity contribution < 1.29 is 9.53 Å². The molecule has 4 nitrogen and oxygen atoms in total. The van der Waals surface area contributed by atoms with Crippen LogP contribution in [-0.4, -0.2) is 32.7 Å². The highest BCUT2D eigenvalue weighted by atomic mass is 16.5. The van der Waals surface area contributed by atoms with Gasteiger partial charge in [-0.2, -0.15) is 0 Å². The summed E-state index contributed by atoms with van der Waals surface area (Å²) < 4.78 is 5.17. The van der Waals surface area contributed by atoms with Crippen LogP contribution in [0.5, 0.6) is 5.75 Å². The van der Waals surface area contributed by atoms with E-state index in [9.17, 15) is 4.79 Å². The Balaban J connectivity index is 2.31. The summed E-state index contributed by atoms with van der Waals surface area (Å²) in [5, 5.41) is 6.13. The Bertz CT molecular complexity index is 393. The van der Waals surface area contributed by atoms with Crippen LogP contribution >= 0.6 is 0 Å². The Morgan fingerprint density at radius 2 is 2.21 bits per heavy atom. The largest absolute Gasteiger partial charge is 0.497 e. The van der Waals surface area contributed by atoms with Crippen molar-refractivity contribution in [2.45, 2.75) is 20.3 Å². The van der Waals surface area contributed by atoms with Gasteiger partial charge in [0, 0.05) is 19.0 Å². The number of amides is 1. The Morgan fingerprint density at radius 3 is 2.89 bits per heavy atom. The van der Waals surface area contributed by atoms with Gasteiger partial charge in [-0.05, 0) is 30.7 Å². The van der Waals surface area contributed by atoms with Crippen LogP contribution < -0.4 is 15.4 Å². The van der Waals surface area contributed by atoms with E-state index in [0.29, 0.717) is 6.54 Å². The van der Waals surface area contributed by atoms with E-state index in [-0.39, 0.29) is 11.8 Å². The summed E-state index contributed by atoms with van der Waals surface area (Å²) in [4.78, 5) is 11.8. The number of hydrogen-bond acceptors (Lipinski definition) is 3. The molecule has 0 saturated carbocycles. The number of carbonyl (C=O) groups is 1. The zero-order valence-electron chi connectivity index (χ0n) is 12.0. The number of nitrogens with one attached hydrogen (secondary N) is 2. The molecule has 0 heterocycles. The van der Waals surface area contributed by atoms with Gasteiger partial charge in [-0.15, -0.1) is 0 Å². The predicted octanol–water partition coefficient (Wildman–Crippen LogP) is 1.60. The van der Waals surface area contributed by atoms with Crippen molar-refractivity contribution in [1.29, 1.82) is 0 Å². The zero-order chi connectivity index (χ0) is 14.1. The maximum absolute atomic E-state index is 11.8. The van der Waals surface area contributed by atoms with Crippen molar-refractivity contribution in [3.63, 3.8) is 0 Å². The average molecular weight is 264 g/mol. The van der Waals surface area contributed by atoms with E-state index in [1.807, 2.05) is 38.1 Å². The van der Waals surface area contributed by atoms with Gasteiger partial charge in [-0.1, -0.05) is 26.0 Å². The Hall–Kier alpha value is -1.55. The quantitative estimate of drug-likeness (QED) is 0.750. The molecule has 106 valence electrons. The van der Waals surface area contributed by atoms with Gasteiger partial charge in [0.25, 0.3) is 0 Å². The number of methoxy groups -OCH3 is 1. The number of rotatable bonds is 8. The molecule has 0 bridgehead atoms. The lowest BCUT2D eigenvalue weighted by molar-refractivity contribution is -0.124. The smallest absolute Gasteiger partial charge is 0.224 e. The van der Waals surface area contributed by atoms with Crippen LogP contribution in [0.15, 0.2) is 24.3 Å². The SMILES string of the molecule is CCNCC(C)C(=O)NCCc1cccc(OC)c1. The minimum Gasteiger partial charge on any atom is -0.497 e. The van der Waals surface area contributed by atoms with Crippen LogP contribution in [0.3, 0.4) is 0 Å². The third-order valence-electron chi connectivity index (χ3n) is 3.00. The third kappa shape index (κ3) is 5.75. The summed E-state index contributed by atoms with van der Waals surface area (Å²) in [5.74, 6) is 0.957. The van der Waals surface area contributed by atoms with Crippen LogP contribution in [0, 0.1) is 5.92 Å². The standard InChI is InChI=1S/C15H24N2O2/c1-4-16-11-12(2)15(18)17-9-8-13-6-5-7-14(10-13)19-3/h5-7,10,12,16H,4,8-9,11H2,1-3H3,(H,17,18). The molecular formula is C15H24N2O2. The van der Waals surface area contributed by atoms with Crippen LogP contribution in [-0.2, 0) is 11.2 Å². The second-order valence-electron chi connectivity index (χ2n) is 4.60. The number of ether oxygens (including phenoxy) is 1. The fourth-order valence-corrected chi connectivity index (χ4v) is 1.79. The van der Waals surface area contributed by atoms with Gasteiger partial charge in [0.05, 0.1) is 7.11 Å². The topological polar surface area (TPSA) is 50.4 Å². The molecule has 4 heteroatoms. The van der Waals surface area contributed by atoms with Gasteiger partial charge in [0.1, 0.15) is 5.75 Å². The fourth-order valence-electron chi connectivity index (χ4n) is 1.79. The number of carbonyl (C=O) groups excluding carboxylic acids is 1. The first kappa shape index (κ1) is 15.5. The molecule has 0 radical (unpaired) electrons. The molecule has 1 unspecified atom stereocenters. The molecule has 1 atom stereocenters. The zero-order valence-corrected chi connectivity index (χ0v) is 12.0. The van der Waals surface area contributed by atoms with E-state index in [1.54, 1.807) is 7.11 Å². The van der Waals surface area contributed by atoms with Crippen LogP contribution in [0.1, 0.15) is 19.4 Å². The highest BCUT2D eigenvalue weighted by molar-refractivity contribution is 5.78. The first-order valence-corrected chi connectivity index (χ1v) is 6.78. The second-order valence-corrected chi connectivity index (χ2v) is 4.60. The van der Waals surface area contributed by atoms with Gasteiger partial charge < -0.3 is 15.4 Å². The maximum atomic E-state index is 11.8. The minimum absolute atomic E-state index is 0.00487. The second kappa shape index (κ2) is 8.53. The van der Waals surface area contributed by atoms with Crippen molar-refractivity contribution >= 4 is 5.91 Å². The molecule has 0 saturated heterocycles. The lowest BCUT2D eigenvalue weighted by atomic mass is 10.1. The van der Waals surface area contributed by atoms with Crippen molar-refractivity contribution in [2.24, 2.45) is 5.92 Å². The molecule has 1 amide bonds. The molecule has 0 fully saturated rings. The van der Waals surface area contributed by atoms with E-state index in [0.717, 1.165) is 25.3 Å². The molecule has 1 aromatic carbocycles. The molecule has 0 spiro atoms. The first-order chi connectivity index (χ1) is 9.17. The van der Waals surface area contributed by atoms with Crippen LogP contribution in [0.25, 0.3) is 0 Å². The number of benzene rings is 1. The maximum Gasteiger partial charge on any atom is 0.224 e. The van der Waals surface area contributed by atoms with E-state index < -0.39 is 0 Å². The fraction of sp³-hybridized carbons (Fsp3) is 0.533. The van der Waals surface area contributed by atoms with Gasteiger partial charge >= 0.3 is 0 Å². The van der Waals surface area contributed by atoms with Crippen molar-refractivity contribution in [1.82, 2.24) is 10.6 Å². The van der Waals surface area contributed by atoms with Gasteiger partial charge in [-0.25, -0.2) is 0 Å². The molecule has 19 heavy (non-hydrogen) atoms. The molecule has 0 aliphatic rings. The van der Waals surface area contributed by atoms with Crippen molar-refractivity contribution in [3.05, 3.63) is 29.8 Å². The Morgan fingerprint density at radius 1 is 1.42 bits per heavy atom. The lowest BCUT2D eigenvalue weighted by Gasteiger charge is -2.12. The normalized spacial score (nSPS) is 11.9. The van der Waals surface area contributed by atoms with E-state index >= 15 is 0 Å². The summed E-state index contributed by atoms with van der Waals surface area (Å²) in [6, 6.07) is 7.91. The van der Waals surface area contributed by atoms with Gasteiger partial charge in [0.15, 0.2) is 0 Å². The summed E-state index contributed by atoms with van der Waals surface area (Å²) in [6.45, 7) is 6.24. The lowest BCUT2D eigenvalue weighted by Crippen LogP contribution is -2.36. The summed E-state index contributed by atoms with van der Waals surface area (Å²) in [5.41, 5.74) is 1.17. The molecular weight excluding hydrogens is 240 g/mol. The first-order valence-electron chi connectivity index (χ1n) is 6.78. The summed E-state index contributed by atoms with van der Waals surface area (Å²) in [6.07, 6.45) is 0.816. The number of hydrogen-bond donors (Lipinski definition) is 2. The van der Waals surface area contributed by atoms with E-state index in [2.05, 4.69) is 10.6 Å². The average Bonchev–Trinajstić information content (AvgIpc) is 2.44. The third-order valence-corrected chi connectivity index (χ3v) is 3.00. The summed E-state index contributed by atoms with van der Waals surface area (Å²) in [7, 11) is 1.66. The van der Waals surface area contributed by atoms with E-state index in [4.69, 9.17) is 4.74 Å². The molecule has 0 aliphatic carbocycles. The van der Waals surface area contributed by atoms with Crippen LogP contribution in [0.2, 0.25) is 0 Å². The monoisotopic (exact) mass is 264 g/mol. The molecule has 1 rings (SSSR count). The van der Waals surface area contributed by atoms with Gasteiger partial charge in [0.2, 0.25) is 5.91 Å². The highest BCUT2D eigenvalue weighted by Crippen LogP contribution is 2.12. The Kier molecular flexibility index (Phi) is 6.97. The minimum atomic E-state index is 0.00487. The Labute approximate surface area is 115 Å². The molecule has 0 aromatic heterocycles. The van der Waals surface area contributed by atoms with Crippen molar-refractivity contribution in [3.8, 4) is 5.75 Å². The molecule has 1 aromatic rings. The highest BCUT2D eigenvalue weighted by Gasteiger charge is 2.10. The van der Waals surface area contributed by atoms with Crippen molar-refractivity contribution in [2.75, 3.05) is 26.7 Å². The molecule has 2 N–H and O–H groups in total.